The van der Waals surface area contributed by atoms with Crippen LogP contribution in [0.3, 0.4) is 0 Å². The van der Waals surface area contributed by atoms with Crippen molar-refractivity contribution in [1.82, 2.24) is 4.90 Å². The van der Waals surface area contributed by atoms with Crippen LogP contribution in [-0.4, -0.2) is 22.9 Å². The van der Waals surface area contributed by atoms with Crippen molar-refractivity contribution in [1.29, 1.82) is 0 Å². The molecule has 0 saturated heterocycles. The maximum atomic E-state index is 10.9. The number of anilines is 1. The summed E-state index contributed by atoms with van der Waals surface area (Å²) in [6.07, 6.45) is 7.63. The van der Waals surface area contributed by atoms with E-state index >= 15 is 0 Å². The van der Waals surface area contributed by atoms with Crippen LogP contribution in [-0.2, 0) is 6.54 Å². The van der Waals surface area contributed by atoms with E-state index < -0.39 is 4.92 Å². The third kappa shape index (κ3) is 3.48. The molecule has 0 spiro atoms. The largest absolute Gasteiger partial charge is 0.393 e. The van der Waals surface area contributed by atoms with E-state index in [-0.39, 0.29) is 5.69 Å². The van der Waals surface area contributed by atoms with Crippen LogP contribution in [0.1, 0.15) is 44.1 Å². The van der Waals surface area contributed by atoms with E-state index in [4.69, 9.17) is 5.73 Å². The zero-order valence-corrected chi connectivity index (χ0v) is 12.0. The number of nitro benzene ring substituents is 1. The second kappa shape index (κ2) is 6.70. The number of rotatable bonds is 4. The first-order valence-corrected chi connectivity index (χ1v) is 7.31. The molecule has 1 fully saturated rings. The molecule has 1 aromatic carbocycles. The second-order valence-corrected chi connectivity index (χ2v) is 5.67. The number of nitro groups is 1. The van der Waals surface area contributed by atoms with E-state index in [1.54, 1.807) is 6.07 Å². The maximum absolute atomic E-state index is 10.9. The molecule has 0 unspecified atom stereocenters. The lowest BCUT2D eigenvalue weighted by Crippen LogP contribution is -2.31. The Morgan fingerprint density at radius 2 is 1.95 bits per heavy atom. The van der Waals surface area contributed by atoms with Gasteiger partial charge < -0.3 is 5.73 Å². The van der Waals surface area contributed by atoms with Gasteiger partial charge in [0.25, 0.3) is 5.69 Å². The standard InChI is InChI=1S/C15H23N3O2/c1-17(13-8-4-2-3-5-9-13)11-12-7-6-10-14(15(12)16)18(19)20/h6-7,10,13H,2-5,8-9,11,16H2,1H3. The fourth-order valence-electron chi connectivity index (χ4n) is 2.99. The Kier molecular flexibility index (Phi) is 4.95. The van der Waals surface area contributed by atoms with Crippen molar-refractivity contribution in [3.8, 4) is 0 Å². The molecule has 1 aliphatic rings. The Morgan fingerprint density at radius 3 is 2.55 bits per heavy atom. The number of nitrogens with two attached hydrogens (primary N) is 1. The normalized spacial score (nSPS) is 17.1. The zero-order chi connectivity index (χ0) is 14.5. The first kappa shape index (κ1) is 14.8. The molecule has 20 heavy (non-hydrogen) atoms. The molecule has 2 rings (SSSR count). The van der Waals surface area contributed by atoms with Gasteiger partial charge in [-0.15, -0.1) is 0 Å². The predicted octanol–water partition coefficient (Wildman–Crippen LogP) is 3.33. The maximum Gasteiger partial charge on any atom is 0.292 e. The smallest absolute Gasteiger partial charge is 0.292 e. The van der Waals surface area contributed by atoms with E-state index in [2.05, 4.69) is 11.9 Å². The highest BCUT2D eigenvalue weighted by Crippen LogP contribution is 2.28. The molecule has 0 heterocycles. The number of benzene rings is 1. The summed E-state index contributed by atoms with van der Waals surface area (Å²) in [6.45, 7) is 0.679. The molecule has 0 atom stereocenters. The summed E-state index contributed by atoms with van der Waals surface area (Å²) in [5.74, 6) is 0. The van der Waals surface area contributed by atoms with Gasteiger partial charge in [0.1, 0.15) is 5.69 Å². The van der Waals surface area contributed by atoms with E-state index in [0.29, 0.717) is 18.3 Å². The molecule has 1 saturated carbocycles. The molecular formula is C15H23N3O2. The van der Waals surface area contributed by atoms with Gasteiger partial charge in [-0.1, -0.05) is 37.8 Å². The number of para-hydroxylation sites is 1. The average molecular weight is 277 g/mol. The van der Waals surface area contributed by atoms with Gasteiger partial charge in [0, 0.05) is 18.7 Å². The zero-order valence-electron chi connectivity index (χ0n) is 12.0. The van der Waals surface area contributed by atoms with Crippen molar-refractivity contribution in [3.05, 3.63) is 33.9 Å². The van der Waals surface area contributed by atoms with Crippen LogP contribution >= 0.6 is 0 Å². The molecule has 5 heteroatoms. The summed E-state index contributed by atoms with van der Waals surface area (Å²) >= 11 is 0. The van der Waals surface area contributed by atoms with E-state index in [9.17, 15) is 10.1 Å². The van der Waals surface area contributed by atoms with Crippen molar-refractivity contribution < 1.29 is 4.92 Å². The van der Waals surface area contributed by atoms with Crippen LogP contribution in [0.2, 0.25) is 0 Å². The highest BCUT2D eigenvalue weighted by atomic mass is 16.6. The molecule has 0 aliphatic heterocycles. The molecule has 1 aromatic rings. The summed E-state index contributed by atoms with van der Waals surface area (Å²) in [7, 11) is 2.09. The average Bonchev–Trinajstić information content (AvgIpc) is 2.69. The summed E-state index contributed by atoms with van der Waals surface area (Å²) < 4.78 is 0. The van der Waals surface area contributed by atoms with E-state index in [0.717, 1.165) is 5.56 Å². The van der Waals surface area contributed by atoms with Crippen LogP contribution < -0.4 is 5.73 Å². The van der Waals surface area contributed by atoms with Gasteiger partial charge in [-0.2, -0.15) is 0 Å². The third-order valence-electron chi connectivity index (χ3n) is 4.24. The number of nitrogen functional groups attached to an aromatic ring is 1. The Bertz CT molecular complexity index is 468. The van der Waals surface area contributed by atoms with Crippen molar-refractivity contribution in [2.75, 3.05) is 12.8 Å². The van der Waals surface area contributed by atoms with Gasteiger partial charge in [0.05, 0.1) is 4.92 Å². The lowest BCUT2D eigenvalue weighted by atomic mass is 10.1. The fraction of sp³-hybridized carbons (Fsp3) is 0.600. The van der Waals surface area contributed by atoms with E-state index in [1.807, 2.05) is 6.07 Å². The lowest BCUT2D eigenvalue weighted by molar-refractivity contribution is -0.384. The number of hydrogen-bond acceptors (Lipinski definition) is 4. The Labute approximate surface area is 119 Å². The quantitative estimate of drug-likeness (QED) is 0.396. The minimum Gasteiger partial charge on any atom is -0.393 e. The van der Waals surface area contributed by atoms with Gasteiger partial charge in [-0.25, -0.2) is 0 Å². The van der Waals surface area contributed by atoms with Gasteiger partial charge in [-0.05, 0) is 25.5 Å². The summed E-state index contributed by atoms with van der Waals surface area (Å²) in [6, 6.07) is 5.63. The molecule has 0 amide bonds. The summed E-state index contributed by atoms with van der Waals surface area (Å²) in [5, 5.41) is 10.9. The molecule has 0 aromatic heterocycles. The first-order chi connectivity index (χ1) is 9.59. The van der Waals surface area contributed by atoms with Gasteiger partial charge in [0.15, 0.2) is 0 Å². The molecule has 5 nitrogen and oxygen atoms in total. The summed E-state index contributed by atoms with van der Waals surface area (Å²) in [4.78, 5) is 12.8. The Balaban J connectivity index is 2.08. The molecule has 2 N–H and O–H groups in total. The van der Waals surface area contributed by atoms with Crippen LogP contribution in [0.15, 0.2) is 18.2 Å². The molecule has 0 radical (unpaired) electrons. The number of hydrogen-bond donors (Lipinski definition) is 1. The lowest BCUT2D eigenvalue weighted by Gasteiger charge is -2.27. The van der Waals surface area contributed by atoms with E-state index in [1.165, 1.54) is 44.6 Å². The topological polar surface area (TPSA) is 72.4 Å². The van der Waals surface area contributed by atoms with Gasteiger partial charge in [-0.3, -0.25) is 15.0 Å². The van der Waals surface area contributed by atoms with Crippen LogP contribution in [0.5, 0.6) is 0 Å². The number of nitrogens with zero attached hydrogens (tertiary/aromatic N) is 2. The van der Waals surface area contributed by atoms with Crippen LogP contribution in [0.25, 0.3) is 0 Å². The van der Waals surface area contributed by atoms with Crippen molar-refractivity contribution in [2.45, 2.75) is 51.1 Å². The molecule has 110 valence electrons. The van der Waals surface area contributed by atoms with Crippen molar-refractivity contribution >= 4 is 11.4 Å². The second-order valence-electron chi connectivity index (χ2n) is 5.67. The summed E-state index contributed by atoms with van der Waals surface area (Å²) in [5.41, 5.74) is 7.09. The Morgan fingerprint density at radius 1 is 1.30 bits per heavy atom. The third-order valence-corrected chi connectivity index (χ3v) is 4.24. The first-order valence-electron chi connectivity index (χ1n) is 7.31. The Hall–Kier alpha value is -1.62. The van der Waals surface area contributed by atoms with Crippen LogP contribution in [0.4, 0.5) is 11.4 Å². The van der Waals surface area contributed by atoms with Crippen molar-refractivity contribution in [3.63, 3.8) is 0 Å². The molecule has 1 aliphatic carbocycles. The van der Waals surface area contributed by atoms with Crippen molar-refractivity contribution in [2.24, 2.45) is 0 Å². The highest BCUT2D eigenvalue weighted by Gasteiger charge is 2.20. The molecular weight excluding hydrogens is 254 g/mol. The highest BCUT2D eigenvalue weighted by molar-refractivity contribution is 5.62. The SMILES string of the molecule is CN(Cc1cccc([N+](=O)[O-])c1N)C1CCCCCC1. The minimum atomic E-state index is -0.412. The van der Waals surface area contributed by atoms with Crippen LogP contribution in [0, 0.1) is 10.1 Å². The molecule has 0 bridgehead atoms. The predicted molar refractivity (Wildman–Crippen MR) is 80.5 cm³/mol. The monoisotopic (exact) mass is 277 g/mol. The van der Waals surface area contributed by atoms with Gasteiger partial charge >= 0.3 is 0 Å². The minimum absolute atomic E-state index is 0.0109. The fourth-order valence-corrected chi connectivity index (χ4v) is 2.99. The van der Waals surface area contributed by atoms with Gasteiger partial charge in [0.2, 0.25) is 0 Å².